The minimum absolute atomic E-state index is 0.112. The summed E-state index contributed by atoms with van der Waals surface area (Å²) in [7, 11) is 1.54. The van der Waals surface area contributed by atoms with Crippen LogP contribution in [0.2, 0.25) is 0 Å². The van der Waals surface area contributed by atoms with Crippen LogP contribution in [0, 0.1) is 17.6 Å². The van der Waals surface area contributed by atoms with E-state index < -0.39 is 17.5 Å². The Kier molecular flexibility index (Phi) is 4.57. The van der Waals surface area contributed by atoms with Gasteiger partial charge in [-0.1, -0.05) is 6.92 Å². The van der Waals surface area contributed by atoms with Crippen molar-refractivity contribution in [3.8, 4) is 0 Å². The van der Waals surface area contributed by atoms with Crippen molar-refractivity contribution < 1.29 is 13.6 Å². The van der Waals surface area contributed by atoms with Crippen molar-refractivity contribution in [1.29, 1.82) is 0 Å². The lowest BCUT2D eigenvalue weighted by Crippen LogP contribution is -2.34. The summed E-state index contributed by atoms with van der Waals surface area (Å²) in [6.45, 7) is 2.72. The second-order valence-electron chi connectivity index (χ2n) is 4.15. The molecule has 0 fully saturated rings. The van der Waals surface area contributed by atoms with Crippen molar-refractivity contribution in [2.75, 3.05) is 20.1 Å². The maximum atomic E-state index is 13.4. The molecule has 0 aromatic heterocycles. The lowest BCUT2D eigenvalue weighted by molar-refractivity contribution is 0.0772. The zero-order valence-electron chi connectivity index (χ0n) is 9.91. The largest absolute Gasteiger partial charge is 0.341 e. The molecule has 17 heavy (non-hydrogen) atoms. The second kappa shape index (κ2) is 5.72. The van der Waals surface area contributed by atoms with Crippen LogP contribution >= 0.6 is 0 Å². The monoisotopic (exact) mass is 242 g/mol. The molecule has 0 radical (unpaired) electrons. The first-order valence-corrected chi connectivity index (χ1v) is 5.36. The first-order chi connectivity index (χ1) is 7.95. The zero-order chi connectivity index (χ0) is 13.0. The Morgan fingerprint density at radius 2 is 2.12 bits per heavy atom. The van der Waals surface area contributed by atoms with E-state index in [1.54, 1.807) is 7.05 Å². The fourth-order valence-corrected chi connectivity index (χ4v) is 1.49. The van der Waals surface area contributed by atoms with Crippen LogP contribution in [0.5, 0.6) is 0 Å². The van der Waals surface area contributed by atoms with Gasteiger partial charge in [-0.05, 0) is 30.7 Å². The number of nitrogens with two attached hydrogens (primary N) is 1. The summed E-state index contributed by atoms with van der Waals surface area (Å²) in [5, 5.41) is 0. The van der Waals surface area contributed by atoms with Crippen molar-refractivity contribution in [3.05, 3.63) is 35.4 Å². The van der Waals surface area contributed by atoms with Gasteiger partial charge in [0.05, 0.1) is 5.56 Å². The van der Waals surface area contributed by atoms with Crippen LogP contribution in [0.1, 0.15) is 17.3 Å². The average molecular weight is 242 g/mol. The van der Waals surface area contributed by atoms with Gasteiger partial charge >= 0.3 is 0 Å². The van der Waals surface area contributed by atoms with E-state index in [4.69, 9.17) is 5.73 Å². The van der Waals surface area contributed by atoms with E-state index in [2.05, 4.69) is 0 Å². The van der Waals surface area contributed by atoms with Crippen LogP contribution in [-0.4, -0.2) is 30.9 Å². The Morgan fingerprint density at radius 3 is 2.71 bits per heavy atom. The molecule has 0 aliphatic carbocycles. The van der Waals surface area contributed by atoms with Gasteiger partial charge in [0.1, 0.15) is 11.6 Å². The number of benzene rings is 1. The van der Waals surface area contributed by atoms with Crippen LogP contribution in [0.15, 0.2) is 18.2 Å². The van der Waals surface area contributed by atoms with Gasteiger partial charge in [-0.3, -0.25) is 4.79 Å². The number of amides is 1. The number of hydrogen-bond acceptors (Lipinski definition) is 2. The van der Waals surface area contributed by atoms with Gasteiger partial charge in [0.25, 0.3) is 5.91 Å². The molecule has 1 atom stereocenters. The molecular weight excluding hydrogens is 226 g/mol. The van der Waals surface area contributed by atoms with E-state index >= 15 is 0 Å². The Hall–Kier alpha value is -1.49. The highest BCUT2D eigenvalue weighted by atomic mass is 19.1. The summed E-state index contributed by atoms with van der Waals surface area (Å²) in [5.74, 6) is -1.78. The smallest absolute Gasteiger partial charge is 0.256 e. The van der Waals surface area contributed by atoms with Crippen molar-refractivity contribution >= 4 is 5.91 Å². The highest BCUT2D eigenvalue weighted by Gasteiger charge is 2.18. The van der Waals surface area contributed by atoms with Crippen molar-refractivity contribution in [2.45, 2.75) is 6.92 Å². The third-order valence-electron chi connectivity index (χ3n) is 2.49. The minimum Gasteiger partial charge on any atom is -0.341 e. The van der Waals surface area contributed by atoms with Gasteiger partial charge in [0.15, 0.2) is 0 Å². The number of carbonyl (C=O) groups is 1. The van der Waals surface area contributed by atoms with Crippen molar-refractivity contribution in [2.24, 2.45) is 11.7 Å². The highest BCUT2D eigenvalue weighted by Crippen LogP contribution is 2.12. The molecule has 0 spiro atoms. The molecule has 1 unspecified atom stereocenters. The van der Waals surface area contributed by atoms with Gasteiger partial charge < -0.3 is 10.6 Å². The molecule has 0 heterocycles. The lowest BCUT2D eigenvalue weighted by Gasteiger charge is -2.20. The Labute approximate surface area is 99.2 Å². The molecule has 0 saturated heterocycles. The van der Waals surface area contributed by atoms with Crippen LogP contribution in [-0.2, 0) is 0 Å². The fraction of sp³-hybridized carbons (Fsp3) is 0.417. The molecule has 1 rings (SSSR count). The number of rotatable bonds is 4. The van der Waals surface area contributed by atoms with Gasteiger partial charge in [-0.15, -0.1) is 0 Å². The van der Waals surface area contributed by atoms with Crippen LogP contribution in [0.25, 0.3) is 0 Å². The minimum atomic E-state index is -0.719. The van der Waals surface area contributed by atoms with Crippen molar-refractivity contribution in [1.82, 2.24) is 4.90 Å². The predicted molar refractivity (Wildman–Crippen MR) is 61.5 cm³/mol. The van der Waals surface area contributed by atoms with E-state index in [1.807, 2.05) is 6.92 Å². The van der Waals surface area contributed by atoms with Gasteiger partial charge in [-0.25, -0.2) is 8.78 Å². The molecule has 94 valence electrons. The predicted octanol–water partition coefficient (Wildman–Crippen LogP) is 1.63. The number of hydrogen-bond donors (Lipinski definition) is 1. The first kappa shape index (κ1) is 13.6. The molecule has 1 amide bonds. The third kappa shape index (κ3) is 3.49. The topological polar surface area (TPSA) is 46.3 Å². The Bertz CT molecular complexity index is 409. The van der Waals surface area contributed by atoms with E-state index in [0.29, 0.717) is 13.1 Å². The molecule has 1 aromatic rings. The van der Waals surface area contributed by atoms with Crippen LogP contribution in [0.4, 0.5) is 8.78 Å². The number of nitrogens with zero attached hydrogens (tertiary/aromatic N) is 1. The van der Waals surface area contributed by atoms with Crippen LogP contribution < -0.4 is 5.73 Å². The van der Waals surface area contributed by atoms with E-state index in [0.717, 1.165) is 18.2 Å². The Balaban J connectivity index is 2.85. The lowest BCUT2D eigenvalue weighted by atomic mass is 10.1. The summed E-state index contributed by atoms with van der Waals surface area (Å²) in [6, 6.07) is 2.83. The average Bonchev–Trinajstić information content (AvgIpc) is 2.31. The summed E-state index contributed by atoms with van der Waals surface area (Å²) < 4.78 is 26.3. The van der Waals surface area contributed by atoms with E-state index in [1.165, 1.54) is 4.90 Å². The molecule has 0 aliphatic rings. The molecule has 0 saturated carbocycles. The SMILES string of the molecule is CC(CN)CN(C)C(=O)c1cc(F)ccc1F. The number of halogens is 2. The van der Waals surface area contributed by atoms with Crippen molar-refractivity contribution in [3.63, 3.8) is 0 Å². The molecule has 3 nitrogen and oxygen atoms in total. The fourth-order valence-electron chi connectivity index (χ4n) is 1.49. The number of carbonyl (C=O) groups excluding carboxylic acids is 1. The summed E-state index contributed by atoms with van der Waals surface area (Å²) in [5.41, 5.74) is 5.19. The molecular formula is C12H16F2N2O. The Morgan fingerprint density at radius 1 is 1.47 bits per heavy atom. The molecule has 5 heteroatoms. The van der Waals surface area contributed by atoms with E-state index in [-0.39, 0.29) is 11.5 Å². The molecule has 1 aromatic carbocycles. The summed E-state index contributed by atoms with van der Waals surface area (Å²) in [4.78, 5) is 13.2. The maximum absolute atomic E-state index is 13.4. The highest BCUT2D eigenvalue weighted by molar-refractivity contribution is 5.94. The standard InChI is InChI=1S/C12H16F2N2O/c1-8(6-15)7-16(2)12(17)10-5-9(13)3-4-11(10)14/h3-5,8H,6-7,15H2,1-2H3. The van der Waals surface area contributed by atoms with Gasteiger partial charge in [0, 0.05) is 13.6 Å². The third-order valence-corrected chi connectivity index (χ3v) is 2.49. The quantitative estimate of drug-likeness (QED) is 0.872. The summed E-state index contributed by atoms with van der Waals surface area (Å²) >= 11 is 0. The van der Waals surface area contributed by atoms with Gasteiger partial charge in [0.2, 0.25) is 0 Å². The van der Waals surface area contributed by atoms with E-state index in [9.17, 15) is 13.6 Å². The maximum Gasteiger partial charge on any atom is 0.256 e. The molecule has 0 aliphatic heterocycles. The van der Waals surface area contributed by atoms with Crippen LogP contribution in [0.3, 0.4) is 0 Å². The molecule has 0 bridgehead atoms. The summed E-state index contributed by atoms with van der Waals surface area (Å²) in [6.07, 6.45) is 0. The normalized spacial score (nSPS) is 12.3. The van der Waals surface area contributed by atoms with Gasteiger partial charge in [-0.2, -0.15) is 0 Å². The second-order valence-corrected chi connectivity index (χ2v) is 4.15. The first-order valence-electron chi connectivity index (χ1n) is 5.36. The zero-order valence-corrected chi connectivity index (χ0v) is 9.91. The molecule has 2 N–H and O–H groups in total.